The van der Waals surface area contributed by atoms with Gasteiger partial charge >= 0.3 is 0 Å². The molecule has 0 atom stereocenters. The van der Waals surface area contributed by atoms with Gasteiger partial charge in [-0.05, 0) is 91.0 Å². The van der Waals surface area contributed by atoms with E-state index < -0.39 is 0 Å². The molecule has 0 radical (unpaired) electrons. The van der Waals surface area contributed by atoms with Crippen molar-refractivity contribution in [2.75, 3.05) is 32.7 Å². The summed E-state index contributed by atoms with van der Waals surface area (Å²) in [5.41, 5.74) is 0.413. The smallest absolute Gasteiger partial charge is 0.0125 e. The largest absolute Gasteiger partial charge is 0.304 e. The number of hydrogen-bond acceptors (Lipinski definition) is 2. The Morgan fingerprint density at radius 2 is 0.684 bits per heavy atom. The summed E-state index contributed by atoms with van der Waals surface area (Å²) in [6.45, 7) is 36.7. The van der Waals surface area contributed by atoms with Gasteiger partial charge in [0.05, 0.1) is 0 Å². The molecular formula is C36H92N2. The van der Waals surface area contributed by atoms with E-state index in [2.05, 4.69) is 79.0 Å². The summed E-state index contributed by atoms with van der Waals surface area (Å²) in [5.74, 6) is 1.67. The van der Waals surface area contributed by atoms with E-state index in [-0.39, 0.29) is 37.1 Å². The fourth-order valence-electron chi connectivity index (χ4n) is 3.37. The van der Waals surface area contributed by atoms with Crippen molar-refractivity contribution in [3.63, 3.8) is 0 Å². The molecule has 3 rings (SSSR count). The number of likely N-dealkylation sites (tertiary alicyclic amines) is 2. The van der Waals surface area contributed by atoms with Crippen LogP contribution >= 0.6 is 0 Å². The van der Waals surface area contributed by atoms with Crippen molar-refractivity contribution < 1.29 is 0 Å². The van der Waals surface area contributed by atoms with E-state index in [1.165, 1.54) is 90.5 Å². The monoisotopic (exact) mass is 553 g/mol. The van der Waals surface area contributed by atoms with Crippen molar-refractivity contribution >= 4 is 0 Å². The highest BCUT2D eigenvalue weighted by molar-refractivity contribution is 4.79. The lowest BCUT2D eigenvalue weighted by Gasteiger charge is -2.31. The molecule has 0 bridgehead atoms. The first-order chi connectivity index (χ1) is 15.5. The zero-order chi connectivity index (χ0) is 26.7. The van der Waals surface area contributed by atoms with Crippen molar-refractivity contribution in [3.05, 3.63) is 0 Å². The van der Waals surface area contributed by atoms with Gasteiger partial charge in [0.1, 0.15) is 0 Å². The molecule has 1 aliphatic carbocycles. The summed E-state index contributed by atoms with van der Waals surface area (Å²) in [7, 11) is 0. The molecule has 0 N–H and O–H groups in total. The van der Waals surface area contributed by atoms with Gasteiger partial charge in [-0.15, -0.1) is 0 Å². The predicted molar refractivity (Wildman–Crippen MR) is 192 cm³/mol. The number of nitrogens with zero attached hydrogens (tertiary/aromatic N) is 2. The zero-order valence-electron chi connectivity index (χ0n) is 26.4. The van der Waals surface area contributed by atoms with Crippen LogP contribution < -0.4 is 0 Å². The lowest BCUT2D eigenvalue weighted by Crippen LogP contribution is -2.38. The van der Waals surface area contributed by atoms with Crippen LogP contribution in [0.4, 0.5) is 0 Å². The van der Waals surface area contributed by atoms with Gasteiger partial charge in [-0.3, -0.25) is 4.90 Å². The van der Waals surface area contributed by atoms with Crippen molar-refractivity contribution in [1.82, 2.24) is 9.80 Å². The second-order valence-corrected chi connectivity index (χ2v) is 11.2. The normalized spacial score (nSPS) is 15.2. The van der Waals surface area contributed by atoms with Gasteiger partial charge < -0.3 is 4.90 Å². The van der Waals surface area contributed by atoms with E-state index in [0.29, 0.717) is 5.54 Å². The molecule has 0 aromatic heterocycles. The minimum atomic E-state index is 0. The molecule has 2 aliphatic heterocycles. The number of hydrogen-bond donors (Lipinski definition) is 0. The topological polar surface area (TPSA) is 6.48 Å². The Labute approximate surface area is 251 Å². The van der Waals surface area contributed by atoms with E-state index in [9.17, 15) is 0 Å². The molecule has 3 aliphatic rings. The summed E-state index contributed by atoms with van der Waals surface area (Å²) < 4.78 is 0. The van der Waals surface area contributed by atoms with E-state index in [4.69, 9.17) is 0 Å². The maximum Gasteiger partial charge on any atom is 0.0125 e. The van der Waals surface area contributed by atoms with E-state index in [1.807, 2.05) is 27.7 Å². The molecule has 0 spiro atoms. The summed E-state index contributed by atoms with van der Waals surface area (Å²) in [4.78, 5) is 5.03. The summed E-state index contributed by atoms with van der Waals surface area (Å²) in [6, 6.07) is 0. The Hall–Kier alpha value is -0.0800. The second-order valence-electron chi connectivity index (χ2n) is 11.2. The highest BCUT2D eigenvalue weighted by atomic mass is 15.2. The van der Waals surface area contributed by atoms with Crippen LogP contribution in [0.2, 0.25) is 0 Å². The van der Waals surface area contributed by atoms with Crippen LogP contribution in [0, 0.1) is 11.8 Å². The Kier molecular flexibility index (Phi) is 76.0. The van der Waals surface area contributed by atoms with Crippen molar-refractivity contribution in [3.8, 4) is 0 Å². The molecule has 2 nitrogen and oxygen atoms in total. The van der Waals surface area contributed by atoms with Crippen LogP contribution in [0.5, 0.6) is 0 Å². The van der Waals surface area contributed by atoms with Crippen LogP contribution in [0.3, 0.4) is 0 Å². The standard InChI is InChI=1S/C8H17N.C6H13N.C5H10.2C4H10.2C2H6.5CH4/c1-8(2,3)9-6-4-5-7-9;1-2-7-5-3-4-6-7;1-2-4-5-3-1;2*1-4(2)3;2*1-2;;;;;/h4-7H2,1-3H3;2-6H2,1H3;1-5H2;2*4H,1-3H3;2*1-2H3;5*1H4. The van der Waals surface area contributed by atoms with Gasteiger partial charge in [-0.1, -0.05) is 145 Å². The Balaban J connectivity index is -0.0000000381. The molecule has 2 heterocycles. The molecule has 0 unspecified atom stereocenters. The van der Waals surface area contributed by atoms with Crippen LogP contribution in [-0.2, 0) is 0 Å². The molecule has 2 saturated heterocycles. The Morgan fingerprint density at radius 1 is 0.474 bits per heavy atom. The molecule has 3 fully saturated rings. The van der Waals surface area contributed by atoms with E-state index in [1.54, 1.807) is 0 Å². The average Bonchev–Trinajstić information content (AvgIpc) is 3.55. The van der Waals surface area contributed by atoms with Crippen LogP contribution in [-0.4, -0.2) is 48.1 Å². The lowest BCUT2D eigenvalue weighted by molar-refractivity contribution is 0.175. The zero-order valence-corrected chi connectivity index (χ0v) is 26.4. The summed E-state index contributed by atoms with van der Waals surface area (Å²) in [5, 5.41) is 0. The highest BCUT2D eigenvalue weighted by Gasteiger charge is 2.23. The van der Waals surface area contributed by atoms with Crippen LogP contribution in [0.1, 0.15) is 192 Å². The van der Waals surface area contributed by atoms with E-state index >= 15 is 0 Å². The molecular weight excluding hydrogens is 460 g/mol. The number of rotatable bonds is 1. The van der Waals surface area contributed by atoms with Gasteiger partial charge in [0.15, 0.2) is 0 Å². The van der Waals surface area contributed by atoms with Crippen molar-refractivity contribution in [1.29, 1.82) is 0 Å². The first kappa shape index (κ1) is 61.8. The van der Waals surface area contributed by atoms with Crippen LogP contribution in [0.25, 0.3) is 0 Å². The van der Waals surface area contributed by atoms with Gasteiger partial charge in [-0.25, -0.2) is 0 Å². The first-order valence-electron chi connectivity index (χ1n) is 15.0. The summed E-state index contributed by atoms with van der Waals surface area (Å²) in [6.07, 6.45) is 13.1. The fourth-order valence-corrected chi connectivity index (χ4v) is 3.37. The second kappa shape index (κ2) is 46.8. The van der Waals surface area contributed by atoms with Gasteiger partial charge in [0, 0.05) is 5.54 Å². The fraction of sp³-hybridized carbons (Fsp3) is 1.00. The molecule has 0 amide bonds. The maximum atomic E-state index is 2.55. The van der Waals surface area contributed by atoms with E-state index in [0.717, 1.165) is 11.8 Å². The quantitative estimate of drug-likeness (QED) is 0.319. The molecule has 0 aromatic carbocycles. The van der Waals surface area contributed by atoms with Crippen molar-refractivity contribution in [2.45, 2.75) is 197 Å². The predicted octanol–water partition coefficient (Wildman–Crippen LogP) is 13.5. The Morgan fingerprint density at radius 3 is 0.816 bits per heavy atom. The third-order valence-electron chi connectivity index (χ3n) is 4.95. The lowest BCUT2D eigenvalue weighted by atomic mass is 10.1. The Bertz CT molecular complexity index is 283. The molecule has 0 aromatic rings. The first-order valence-corrected chi connectivity index (χ1v) is 15.0. The van der Waals surface area contributed by atoms with Crippen LogP contribution in [0.15, 0.2) is 0 Å². The molecule has 2 heteroatoms. The SMILES string of the molecule is C.C.C.C.C.C1CCCC1.CC.CC.CC(C)(C)N1CCCC1.CC(C)C.CC(C)C.CCN1CCCC1. The minimum Gasteiger partial charge on any atom is -0.304 e. The maximum absolute atomic E-state index is 2.55. The molecule has 1 saturated carbocycles. The molecule has 38 heavy (non-hydrogen) atoms. The van der Waals surface area contributed by atoms with Gasteiger partial charge in [0.25, 0.3) is 0 Å². The third kappa shape index (κ3) is 60.4. The third-order valence-corrected chi connectivity index (χ3v) is 4.95. The highest BCUT2D eigenvalue weighted by Crippen LogP contribution is 2.19. The average molecular weight is 553 g/mol. The van der Waals surface area contributed by atoms with Crippen molar-refractivity contribution in [2.24, 2.45) is 11.8 Å². The van der Waals surface area contributed by atoms with Gasteiger partial charge in [-0.2, -0.15) is 0 Å². The minimum absolute atomic E-state index is 0. The molecule has 246 valence electrons. The summed E-state index contributed by atoms with van der Waals surface area (Å²) >= 11 is 0. The van der Waals surface area contributed by atoms with Gasteiger partial charge in [0.2, 0.25) is 0 Å².